The summed E-state index contributed by atoms with van der Waals surface area (Å²) >= 11 is 0. The van der Waals surface area contributed by atoms with Gasteiger partial charge in [-0.05, 0) is 80.8 Å². The molecule has 0 fully saturated rings. The molecule has 4 nitrogen and oxygen atoms in total. The molecular weight excluding hydrogens is 334 g/mol. The second-order valence-corrected chi connectivity index (χ2v) is 9.22. The standard InChI is InChI=1S/C23H39N3O/c1-18(25-22-11-10-20-8-6-7-9-21(20)16-22)17-26(19(2)27)15-14-24-13-12-23(3,4)5/h10-11,13,16,18-19,25,27H,6-9,12,14-15,17H2,1-5H3. The second-order valence-electron chi connectivity index (χ2n) is 9.22. The van der Waals surface area contributed by atoms with E-state index in [4.69, 9.17) is 0 Å². The fraction of sp³-hybridized carbons (Fsp3) is 0.696. The Labute approximate surface area is 166 Å². The summed E-state index contributed by atoms with van der Waals surface area (Å²) in [4.78, 5) is 6.61. The second kappa shape index (κ2) is 10.2. The van der Waals surface area contributed by atoms with E-state index >= 15 is 0 Å². The molecular formula is C23H39N3O. The first kappa shape index (κ1) is 21.9. The lowest BCUT2D eigenvalue weighted by Crippen LogP contribution is -2.42. The molecule has 0 amide bonds. The zero-order valence-electron chi connectivity index (χ0n) is 18.0. The van der Waals surface area contributed by atoms with Crippen LogP contribution in [0.25, 0.3) is 0 Å². The molecule has 1 aliphatic rings. The van der Waals surface area contributed by atoms with Crippen molar-refractivity contribution in [3.05, 3.63) is 29.3 Å². The van der Waals surface area contributed by atoms with Crippen LogP contribution in [0, 0.1) is 5.41 Å². The monoisotopic (exact) mass is 373 g/mol. The van der Waals surface area contributed by atoms with Gasteiger partial charge in [0.25, 0.3) is 0 Å². The number of anilines is 1. The van der Waals surface area contributed by atoms with Crippen molar-refractivity contribution in [3.63, 3.8) is 0 Å². The first-order chi connectivity index (χ1) is 12.7. The highest BCUT2D eigenvalue weighted by Crippen LogP contribution is 2.24. The molecule has 1 aliphatic carbocycles. The first-order valence-corrected chi connectivity index (χ1v) is 10.5. The van der Waals surface area contributed by atoms with E-state index in [2.05, 4.69) is 61.1 Å². The van der Waals surface area contributed by atoms with Crippen LogP contribution in [0.5, 0.6) is 0 Å². The molecule has 1 aromatic rings. The number of hydrogen-bond acceptors (Lipinski definition) is 4. The Balaban J connectivity index is 1.82. The van der Waals surface area contributed by atoms with E-state index in [1.165, 1.54) is 42.5 Å². The molecule has 0 aromatic heterocycles. The molecule has 4 heteroatoms. The average molecular weight is 374 g/mol. The molecule has 0 heterocycles. The number of aliphatic hydroxyl groups is 1. The van der Waals surface area contributed by atoms with E-state index in [-0.39, 0.29) is 11.5 Å². The number of nitrogens with zero attached hydrogens (tertiary/aromatic N) is 2. The zero-order chi connectivity index (χ0) is 19.9. The number of aryl methyl sites for hydroxylation is 2. The minimum absolute atomic E-state index is 0.264. The molecule has 2 rings (SSSR count). The maximum absolute atomic E-state index is 10.1. The van der Waals surface area contributed by atoms with Crippen LogP contribution in [0.2, 0.25) is 0 Å². The number of rotatable bonds is 9. The van der Waals surface area contributed by atoms with Crippen molar-refractivity contribution in [2.24, 2.45) is 10.4 Å². The highest BCUT2D eigenvalue weighted by atomic mass is 16.3. The van der Waals surface area contributed by atoms with Gasteiger partial charge in [-0.2, -0.15) is 0 Å². The van der Waals surface area contributed by atoms with Crippen LogP contribution in [0.3, 0.4) is 0 Å². The smallest absolute Gasteiger partial charge is 0.104 e. The highest BCUT2D eigenvalue weighted by molar-refractivity contribution is 5.58. The number of aliphatic hydroxyl groups excluding tert-OH is 1. The molecule has 27 heavy (non-hydrogen) atoms. The molecule has 0 radical (unpaired) electrons. The summed E-state index contributed by atoms with van der Waals surface area (Å²) in [6.07, 6.45) is 7.58. The third-order valence-electron chi connectivity index (χ3n) is 5.15. The van der Waals surface area contributed by atoms with E-state index in [0.29, 0.717) is 0 Å². The Morgan fingerprint density at radius 1 is 1.19 bits per heavy atom. The fourth-order valence-corrected chi connectivity index (χ4v) is 3.55. The number of nitrogens with one attached hydrogen (secondary N) is 1. The Bertz CT molecular complexity index is 604. The topological polar surface area (TPSA) is 47.9 Å². The molecule has 0 saturated heterocycles. The lowest BCUT2D eigenvalue weighted by molar-refractivity contribution is 0.0192. The quantitative estimate of drug-likeness (QED) is 0.494. The van der Waals surface area contributed by atoms with E-state index in [1.54, 1.807) is 0 Å². The summed E-state index contributed by atoms with van der Waals surface area (Å²) in [5, 5.41) is 13.7. The molecule has 2 atom stereocenters. The van der Waals surface area contributed by atoms with Gasteiger partial charge in [0.15, 0.2) is 0 Å². The summed E-state index contributed by atoms with van der Waals surface area (Å²) in [5.41, 5.74) is 4.48. The van der Waals surface area contributed by atoms with Crippen LogP contribution in [-0.4, -0.2) is 48.1 Å². The van der Waals surface area contributed by atoms with Gasteiger partial charge in [0.2, 0.25) is 0 Å². The van der Waals surface area contributed by atoms with Gasteiger partial charge >= 0.3 is 0 Å². The lowest BCUT2D eigenvalue weighted by Gasteiger charge is -2.29. The summed E-state index contributed by atoms with van der Waals surface area (Å²) in [7, 11) is 0. The minimum Gasteiger partial charge on any atom is -0.381 e. The van der Waals surface area contributed by atoms with Gasteiger partial charge in [-0.3, -0.25) is 9.89 Å². The van der Waals surface area contributed by atoms with Gasteiger partial charge in [-0.1, -0.05) is 26.8 Å². The first-order valence-electron chi connectivity index (χ1n) is 10.5. The lowest BCUT2D eigenvalue weighted by atomic mass is 9.91. The van der Waals surface area contributed by atoms with E-state index in [9.17, 15) is 5.11 Å². The minimum atomic E-state index is -0.462. The highest BCUT2D eigenvalue weighted by Gasteiger charge is 2.15. The molecule has 2 N–H and O–H groups in total. The third kappa shape index (κ3) is 8.02. The average Bonchev–Trinajstić information content (AvgIpc) is 2.59. The zero-order valence-corrected chi connectivity index (χ0v) is 18.0. The number of aliphatic imine (C=N–C) groups is 1. The Morgan fingerprint density at radius 2 is 1.89 bits per heavy atom. The molecule has 0 spiro atoms. The molecule has 2 unspecified atom stereocenters. The summed E-state index contributed by atoms with van der Waals surface area (Å²) in [6.45, 7) is 13.0. The normalized spacial score (nSPS) is 17.1. The molecule has 0 bridgehead atoms. The van der Waals surface area contributed by atoms with Crippen LogP contribution in [0.4, 0.5) is 5.69 Å². The van der Waals surface area contributed by atoms with Crippen molar-refractivity contribution >= 4 is 11.9 Å². The van der Waals surface area contributed by atoms with Crippen LogP contribution >= 0.6 is 0 Å². The molecule has 1 aromatic carbocycles. The van der Waals surface area contributed by atoms with Crippen LogP contribution in [-0.2, 0) is 12.8 Å². The van der Waals surface area contributed by atoms with Crippen molar-refractivity contribution in [2.45, 2.75) is 79.0 Å². The molecule has 0 aliphatic heterocycles. The SMILES string of the molecule is CC(CN(CCN=CCC(C)(C)C)C(C)O)Nc1ccc2c(c1)CCCC2. The number of benzene rings is 1. The fourth-order valence-electron chi connectivity index (χ4n) is 3.55. The summed E-state index contributed by atoms with van der Waals surface area (Å²) in [6, 6.07) is 7.05. The number of fused-ring (bicyclic) bond motifs is 1. The van der Waals surface area contributed by atoms with Gasteiger partial charge in [-0.15, -0.1) is 0 Å². The van der Waals surface area contributed by atoms with Crippen molar-refractivity contribution in [1.82, 2.24) is 4.90 Å². The maximum Gasteiger partial charge on any atom is 0.104 e. The van der Waals surface area contributed by atoms with Crippen molar-refractivity contribution in [3.8, 4) is 0 Å². The van der Waals surface area contributed by atoms with Gasteiger partial charge < -0.3 is 10.4 Å². The van der Waals surface area contributed by atoms with Gasteiger partial charge in [0.1, 0.15) is 6.23 Å². The Kier molecular flexibility index (Phi) is 8.30. The Hall–Kier alpha value is -1.39. The maximum atomic E-state index is 10.1. The summed E-state index contributed by atoms with van der Waals surface area (Å²) in [5.74, 6) is 0. The van der Waals surface area contributed by atoms with Crippen LogP contribution in [0.1, 0.15) is 65.0 Å². The predicted molar refractivity (Wildman–Crippen MR) is 117 cm³/mol. The van der Waals surface area contributed by atoms with Crippen molar-refractivity contribution < 1.29 is 5.11 Å². The van der Waals surface area contributed by atoms with Crippen LogP contribution in [0.15, 0.2) is 23.2 Å². The van der Waals surface area contributed by atoms with Crippen molar-refractivity contribution in [1.29, 1.82) is 0 Å². The van der Waals surface area contributed by atoms with Gasteiger partial charge in [0, 0.05) is 24.8 Å². The molecule has 152 valence electrons. The van der Waals surface area contributed by atoms with Crippen molar-refractivity contribution in [2.75, 3.05) is 25.0 Å². The van der Waals surface area contributed by atoms with E-state index in [1.807, 2.05) is 13.1 Å². The predicted octanol–water partition coefficient (Wildman–Crippen LogP) is 4.51. The number of hydrogen-bond donors (Lipinski definition) is 2. The third-order valence-corrected chi connectivity index (χ3v) is 5.15. The Morgan fingerprint density at radius 3 is 2.56 bits per heavy atom. The van der Waals surface area contributed by atoms with Gasteiger partial charge in [0.05, 0.1) is 6.54 Å². The largest absolute Gasteiger partial charge is 0.381 e. The summed E-state index contributed by atoms with van der Waals surface area (Å²) < 4.78 is 0. The van der Waals surface area contributed by atoms with E-state index < -0.39 is 6.23 Å². The van der Waals surface area contributed by atoms with Crippen LogP contribution < -0.4 is 5.32 Å². The molecule has 0 saturated carbocycles. The van der Waals surface area contributed by atoms with E-state index in [0.717, 1.165) is 26.1 Å². The van der Waals surface area contributed by atoms with Gasteiger partial charge in [-0.25, -0.2) is 0 Å².